The molecule has 0 radical (unpaired) electrons. The van der Waals surface area contributed by atoms with Crippen molar-refractivity contribution in [2.75, 3.05) is 30.8 Å². The number of hydrogen-bond acceptors (Lipinski definition) is 7. The summed E-state index contributed by atoms with van der Waals surface area (Å²) in [6.45, 7) is 4.61. The van der Waals surface area contributed by atoms with E-state index in [9.17, 15) is 9.59 Å². The van der Waals surface area contributed by atoms with Gasteiger partial charge in [0, 0.05) is 30.6 Å². The van der Waals surface area contributed by atoms with Gasteiger partial charge in [0.25, 0.3) is 11.5 Å². The van der Waals surface area contributed by atoms with Crippen LogP contribution in [0.15, 0.2) is 40.0 Å². The van der Waals surface area contributed by atoms with Crippen LogP contribution in [0.3, 0.4) is 0 Å². The number of piperidine rings is 1. The number of rotatable bonds is 6. The van der Waals surface area contributed by atoms with E-state index < -0.39 is 5.56 Å². The summed E-state index contributed by atoms with van der Waals surface area (Å²) in [4.78, 5) is 32.8. The molecule has 0 unspecified atom stereocenters. The van der Waals surface area contributed by atoms with Gasteiger partial charge in [0.2, 0.25) is 10.1 Å². The number of nitrogens with one attached hydrogen (secondary N) is 1. The minimum Gasteiger partial charge on any atom is -0.350 e. The van der Waals surface area contributed by atoms with Gasteiger partial charge in [0.15, 0.2) is 0 Å². The first kappa shape index (κ1) is 20.9. The fourth-order valence-electron chi connectivity index (χ4n) is 3.50. The summed E-state index contributed by atoms with van der Waals surface area (Å²) in [6.07, 6.45) is 5.00. The number of carbonyl (C=O) groups excluding carboxylic acids is 1. The fourth-order valence-corrected chi connectivity index (χ4v) is 4.86. The van der Waals surface area contributed by atoms with Crippen LogP contribution >= 0.6 is 23.1 Å². The van der Waals surface area contributed by atoms with E-state index in [2.05, 4.69) is 51.5 Å². The number of anilines is 1. The maximum atomic E-state index is 12.8. The van der Waals surface area contributed by atoms with Crippen molar-refractivity contribution >= 4 is 39.1 Å². The first-order valence-corrected chi connectivity index (χ1v) is 12.1. The molecule has 1 saturated heterocycles. The second-order valence-corrected chi connectivity index (χ2v) is 9.40. The molecule has 0 bridgehead atoms. The quantitative estimate of drug-likeness (QED) is 0.590. The van der Waals surface area contributed by atoms with E-state index >= 15 is 0 Å². The minimum absolute atomic E-state index is 0.232. The second kappa shape index (κ2) is 9.18. The van der Waals surface area contributed by atoms with E-state index in [0.717, 1.165) is 43.0 Å². The van der Waals surface area contributed by atoms with Gasteiger partial charge in [-0.2, -0.15) is 9.50 Å². The van der Waals surface area contributed by atoms with E-state index in [1.807, 2.05) is 6.26 Å². The van der Waals surface area contributed by atoms with Crippen LogP contribution in [0, 0.1) is 5.92 Å². The van der Waals surface area contributed by atoms with Crippen molar-refractivity contribution in [2.24, 2.45) is 5.92 Å². The smallest absolute Gasteiger partial charge is 0.274 e. The van der Waals surface area contributed by atoms with Gasteiger partial charge in [-0.25, -0.2) is 0 Å². The van der Waals surface area contributed by atoms with Crippen molar-refractivity contribution in [3.05, 3.63) is 51.9 Å². The van der Waals surface area contributed by atoms with Gasteiger partial charge in [-0.05, 0) is 49.1 Å². The standard InChI is InChI=1S/C21H25N5O2S2/c1-14-8-11-25(12-9-14)21-24-26-17(13-18(27)23-20(26)30-21)19(28)22-10-7-15-3-5-16(29-2)6-4-15/h3-6,13-14H,7-12H2,1-2H3,(H,22,28). The molecular formula is C21H25N5O2S2. The van der Waals surface area contributed by atoms with Crippen LogP contribution in [-0.4, -0.2) is 46.4 Å². The predicted octanol–water partition coefficient (Wildman–Crippen LogP) is 3.08. The highest BCUT2D eigenvalue weighted by atomic mass is 32.2. The van der Waals surface area contributed by atoms with Crippen LogP contribution in [0.4, 0.5) is 5.13 Å². The van der Waals surface area contributed by atoms with Gasteiger partial charge in [-0.1, -0.05) is 30.4 Å². The molecule has 2 aromatic heterocycles. The van der Waals surface area contributed by atoms with E-state index in [0.29, 0.717) is 17.4 Å². The Morgan fingerprint density at radius 3 is 2.70 bits per heavy atom. The molecule has 1 aromatic carbocycles. The van der Waals surface area contributed by atoms with Crippen molar-refractivity contribution in [1.82, 2.24) is 19.9 Å². The summed E-state index contributed by atoms with van der Waals surface area (Å²) < 4.78 is 1.50. The topological polar surface area (TPSA) is 79.6 Å². The van der Waals surface area contributed by atoms with Crippen molar-refractivity contribution < 1.29 is 4.79 Å². The predicted molar refractivity (Wildman–Crippen MR) is 122 cm³/mol. The maximum Gasteiger partial charge on any atom is 0.274 e. The van der Waals surface area contributed by atoms with Gasteiger partial charge in [0.05, 0.1) is 0 Å². The number of benzene rings is 1. The molecule has 3 heterocycles. The maximum absolute atomic E-state index is 12.8. The first-order valence-electron chi connectivity index (χ1n) is 10.1. The average Bonchev–Trinajstić information content (AvgIpc) is 3.18. The third kappa shape index (κ3) is 4.67. The van der Waals surface area contributed by atoms with Crippen LogP contribution in [0.2, 0.25) is 0 Å². The van der Waals surface area contributed by atoms with Gasteiger partial charge >= 0.3 is 0 Å². The molecule has 1 aliphatic rings. The highest BCUT2D eigenvalue weighted by Gasteiger charge is 2.21. The molecule has 0 aliphatic carbocycles. The van der Waals surface area contributed by atoms with E-state index in [1.165, 1.54) is 26.8 Å². The van der Waals surface area contributed by atoms with Crippen LogP contribution < -0.4 is 15.8 Å². The zero-order chi connectivity index (χ0) is 21.1. The molecule has 9 heteroatoms. The second-order valence-electron chi connectivity index (χ2n) is 7.58. The Morgan fingerprint density at radius 2 is 2.00 bits per heavy atom. The van der Waals surface area contributed by atoms with Gasteiger partial charge in [-0.3, -0.25) is 9.59 Å². The molecule has 1 amide bonds. The molecule has 1 aliphatic heterocycles. The highest BCUT2D eigenvalue weighted by Crippen LogP contribution is 2.27. The minimum atomic E-state index is -0.421. The van der Waals surface area contributed by atoms with Gasteiger partial charge < -0.3 is 10.2 Å². The average molecular weight is 444 g/mol. The number of nitrogens with zero attached hydrogens (tertiary/aromatic N) is 4. The third-order valence-electron chi connectivity index (χ3n) is 5.39. The zero-order valence-corrected chi connectivity index (χ0v) is 18.8. The number of amides is 1. The molecule has 0 atom stereocenters. The van der Waals surface area contributed by atoms with Crippen LogP contribution in [0.25, 0.3) is 4.96 Å². The lowest BCUT2D eigenvalue weighted by Gasteiger charge is -2.29. The van der Waals surface area contributed by atoms with E-state index in [1.54, 1.807) is 11.8 Å². The molecule has 0 saturated carbocycles. The highest BCUT2D eigenvalue weighted by molar-refractivity contribution is 7.98. The summed E-state index contributed by atoms with van der Waals surface area (Å²) in [5, 5.41) is 8.32. The lowest BCUT2D eigenvalue weighted by molar-refractivity contribution is 0.0946. The Kier molecular flexibility index (Phi) is 6.38. The Balaban J connectivity index is 1.48. The summed E-state index contributed by atoms with van der Waals surface area (Å²) in [7, 11) is 0. The molecule has 1 fully saturated rings. The molecular weight excluding hydrogens is 418 g/mol. The normalized spacial score (nSPS) is 14.9. The SMILES string of the molecule is CSc1ccc(CCNC(=O)c2cc(=O)nc3sc(N4CCC(C)CC4)nn23)cc1. The first-order chi connectivity index (χ1) is 14.5. The third-order valence-corrected chi connectivity index (χ3v) is 7.10. The van der Waals surface area contributed by atoms with Crippen LogP contribution in [0.1, 0.15) is 35.8 Å². The van der Waals surface area contributed by atoms with Crippen molar-refractivity contribution in [2.45, 2.75) is 31.1 Å². The van der Waals surface area contributed by atoms with E-state index in [-0.39, 0.29) is 11.6 Å². The molecule has 158 valence electrons. The zero-order valence-electron chi connectivity index (χ0n) is 17.1. The van der Waals surface area contributed by atoms with Crippen LogP contribution in [-0.2, 0) is 6.42 Å². The summed E-state index contributed by atoms with van der Waals surface area (Å²) in [6, 6.07) is 9.55. The largest absolute Gasteiger partial charge is 0.350 e. The lowest BCUT2D eigenvalue weighted by Crippen LogP contribution is -2.33. The molecule has 0 spiro atoms. The monoisotopic (exact) mass is 443 g/mol. The Labute approximate surface area is 183 Å². The molecule has 3 aromatic rings. The molecule has 1 N–H and O–H groups in total. The lowest BCUT2D eigenvalue weighted by atomic mass is 10.00. The van der Waals surface area contributed by atoms with Crippen LogP contribution in [0.5, 0.6) is 0 Å². The number of fused-ring (bicyclic) bond motifs is 1. The molecule has 4 rings (SSSR count). The van der Waals surface area contributed by atoms with Crippen molar-refractivity contribution in [3.63, 3.8) is 0 Å². The number of hydrogen-bond donors (Lipinski definition) is 1. The summed E-state index contributed by atoms with van der Waals surface area (Å²) >= 11 is 3.06. The number of aromatic nitrogens is 3. The van der Waals surface area contributed by atoms with Crippen molar-refractivity contribution in [3.8, 4) is 0 Å². The fraction of sp³-hybridized carbons (Fsp3) is 0.429. The van der Waals surface area contributed by atoms with Crippen molar-refractivity contribution in [1.29, 1.82) is 0 Å². The number of carbonyl (C=O) groups is 1. The Hall–Kier alpha value is -2.39. The van der Waals surface area contributed by atoms with Gasteiger partial charge in [-0.15, -0.1) is 16.9 Å². The molecule has 30 heavy (non-hydrogen) atoms. The Morgan fingerprint density at radius 1 is 1.27 bits per heavy atom. The van der Waals surface area contributed by atoms with E-state index in [4.69, 9.17) is 0 Å². The summed E-state index contributed by atoms with van der Waals surface area (Å²) in [5.41, 5.74) is 0.964. The molecule has 7 nitrogen and oxygen atoms in total. The number of thioether (sulfide) groups is 1. The van der Waals surface area contributed by atoms with Gasteiger partial charge in [0.1, 0.15) is 5.69 Å². The Bertz CT molecular complexity index is 1080. The summed E-state index contributed by atoms with van der Waals surface area (Å²) in [5.74, 6) is 0.405.